The molecule has 0 atom stereocenters. The van der Waals surface area contributed by atoms with Crippen LogP contribution in [0, 0.1) is 23.5 Å². The lowest BCUT2D eigenvalue weighted by Gasteiger charge is -2.28. The molecule has 2 aromatic carbocycles. The Balaban J connectivity index is 1.73. The molecule has 0 nitrogen and oxygen atoms in total. The Kier molecular flexibility index (Phi) is 5.70. The summed E-state index contributed by atoms with van der Waals surface area (Å²) in [6.07, 6.45) is 3.77. The van der Waals surface area contributed by atoms with Crippen LogP contribution < -0.4 is 0 Å². The highest BCUT2D eigenvalue weighted by atomic mass is 19.3. The Hall–Kier alpha value is -2.54. The van der Waals surface area contributed by atoms with Crippen LogP contribution in [0.15, 0.2) is 42.5 Å². The molecule has 27 heavy (non-hydrogen) atoms. The van der Waals surface area contributed by atoms with Crippen LogP contribution in [0.5, 0.6) is 0 Å². The van der Waals surface area contributed by atoms with Crippen LogP contribution in [-0.4, -0.2) is 5.92 Å². The van der Waals surface area contributed by atoms with E-state index in [1.165, 1.54) is 18.2 Å². The first-order valence-corrected chi connectivity index (χ1v) is 8.99. The highest BCUT2D eigenvalue weighted by molar-refractivity contribution is 5.54. The third-order valence-corrected chi connectivity index (χ3v) is 4.86. The van der Waals surface area contributed by atoms with E-state index in [0.717, 1.165) is 5.56 Å². The fraction of sp³-hybridized carbons (Fsp3) is 0.304. The van der Waals surface area contributed by atoms with Gasteiger partial charge in [0.05, 0.1) is 0 Å². The van der Waals surface area contributed by atoms with Crippen LogP contribution in [0.3, 0.4) is 0 Å². The van der Waals surface area contributed by atoms with E-state index >= 15 is 0 Å². The number of alkyl halides is 2. The van der Waals surface area contributed by atoms with E-state index in [-0.39, 0.29) is 29.9 Å². The van der Waals surface area contributed by atoms with Crippen molar-refractivity contribution in [2.24, 2.45) is 0 Å². The SMILES string of the molecule is C/C=C/c1c(F)cc(C#Cc2ccc(C3CCC(F)(F)CC3)cc2)cc1F. The lowest BCUT2D eigenvalue weighted by atomic mass is 9.82. The maximum absolute atomic E-state index is 13.9. The molecule has 1 aliphatic carbocycles. The van der Waals surface area contributed by atoms with Gasteiger partial charge in [0.15, 0.2) is 0 Å². The average Bonchev–Trinajstić information content (AvgIpc) is 2.63. The van der Waals surface area contributed by atoms with Crippen molar-refractivity contribution >= 4 is 6.08 Å². The average molecular weight is 372 g/mol. The van der Waals surface area contributed by atoms with Gasteiger partial charge in [-0.3, -0.25) is 0 Å². The summed E-state index contributed by atoms with van der Waals surface area (Å²) in [7, 11) is 0. The van der Waals surface area contributed by atoms with Gasteiger partial charge < -0.3 is 0 Å². The third-order valence-electron chi connectivity index (χ3n) is 4.86. The summed E-state index contributed by atoms with van der Waals surface area (Å²) in [4.78, 5) is 0. The number of allylic oxidation sites excluding steroid dienone is 1. The maximum Gasteiger partial charge on any atom is 0.248 e. The largest absolute Gasteiger partial charge is 0.248 e. The molecule has 0 aromatic heterocycles. The minimum atomic E-state index is -2.53. The van der Waals surface area contributed by atoms with Gasteiger partial charge in [-0.05, 0) is 55.5 Å². The molecule has 1 aliphatic rings. The highest BCUT2D eigenvalue weighted by Crippen LogP contribution is 2.40. The maximum atomic E-state index is 13.9. The molecular weight excluding hydrogens is 352 g/mol. The van der Waals surface area contributed by atoms with Crippen LogP contribution in [0.2, 0.25) is 0 Å². The summed E-state index contributed by atoms with van der Waals surface area (Å²) >= 11 is 0. The minimum Gasteiger partial charge on any atom is -0.207 e. The van der Waals surface area contributed by atoms with E-state index in [1.807, 2.05) is 24.3 Å². The normalized spacial score (nSPS) is 16.9. The molecule has 3 rings (SSSR count). The lowest BCUT2D eigenvalue weighted by Crippen LogP contribution is -2.23. The second kappa shape index (κ2) is 8.00. The number of hydrogen-bond donors (Lipinski definition) is 0. The van der Waals surface area contributed by atoms with Crippen molar-refractivity contribution in [1.29, 1.82) is 0 Å². The predicted octanol–water partition coefficient (Wildman–Crippen LogP) is 6.69. The standard InChI is InChI=1S/C23H20F4/c1-2-3-20-21(24)14-17(15-22(20)25)5-4-16-6-8-18(9-7-16)19-10-12-23(26,27)13-11-19/h2-3,6-9,14-15,19H,10-13H2,1H3/b3-2+. The van der Waals surface area contributed by atoms with Crippen molar-refractivity contribution in [3.63, 3.8) is 0 Å². The van der Waals surface area contributed by atoms with Gasteiger partial charge in [0.1, 0.15) is 11.6 Å². The molecule has 0 heterocycles. The van der Waals surface area contributed by atoms with Crippen LogP contribution in [0.1, 0.15) is 60.8 Å². The van der Waals surface area contributed by atoms with Gasteiger partial charge >= 0.3 is 0 Å². The number of hydrogen-bond acceptors (Lipinski definition) is 0. The van der Waals surface area contributed by atoms with E-state index in [0.29, 0.717) is 18.4 Å². The van der Waals surface area contributed by atoms with Crippen LogP contribution in [0.4, 0.5) is 17.6 Å². The summed E-state index contributed by atoms with van der Waals surface area (Å²) < 4.78 is 54.4. The van der Waals surface area contributed by atoms with E-state index < -0.39 is 17.6 Å². The first kappa shape index (κ1) is 19.2. The zero-order valence-electron chi connectivity index (χ0n) is 15.0. The molecule has 0 N–H and O–H groups in total. The summed E-state index contributed by atoms with van der Waals surface area (Å²) in [5, 5.41) is 0. The third kappa shape index (κ3) is 4.80. The summed E-state index contributed by atoms with van der Waals surface area (Å²) in [6.45, 7) is 1.69. The monoisotopic (exact) mass is 372 g/mol. The Morgan fingerprint density at radius 3 is 2.04 bits per heavy atom. The summed E-state index contributed by atoms with van der Waals surface area (Å²) in [6, 6.07) is 9.85. The Morgan fingerprint density at radius 2 is 1.48 bits per heavy atom. The lowest BCUT2D eigenvalue weighted by molar-refractivity contribution is -0.0382. The molecule has 1 saturated carbocycles. The molecule has 140 valence electrons. The Labute approximate surface area is 156 Å². The molecule has 0 saturated heterocycles. The van der Waals surface area contributed by atoms with Crippen molar-refractivity contribution in [3.05, 3.63) is 76.4 Å². The molecule has 2 aromatic rings. The first-order valence-electron chi connectivity index (χ1n) is 8.99. The van der Waals surface area contributed by atoms with E-state index in [9.17, 15) is 17.6 Å². The van der Waals surface area contributed by atoms with E-state index in [4.69, 9.17) is 0 Å². The van der Waals surface area contributed by atoms with Crippen LogP contribution in [0.25, 0.3) is 6.08 Å². The van der Waals surface area contributed by atoms with Gasteiger partial charge in [0, 0.05) is 29.5 Å². The smallest absolute Gasteiger partial charge is 0.207 e. The van der Waals surface area contributed by atoms with Crippen molar-refractivity contribution < 1.29 is 17.6 Å². The topological polar surface area (TPSA) is 0 Å². The zero-order valence-corrected chi connectivity index (χ0v) is 15.0. The van der Waals surface area contributed by atoms with Gasteiger partial charge in [-0.2, -0.15) is 0 Å². The fourth-order valence-corrected chi connectivity index (χ4v) is 3.34. The van der Waals surface area contributed by atoms with E-state index in [1.54, 1.807) is 13.0 Å². The van der Waals surface area contributed by atoms with Crippen LogP contribution >= 0.6 is 0 Å². The molecule has 0 aliphatic heterocycles. The molecule has 4 heteroatoms. The highest BCUT2D eigenvalue weighted by Gasteiger charge is 2.35. The second-order valence-electron chi connectivity index (χ2n) is 6.86. The molecule has 0 radical (unpaired) electrons. The van der Waals surface area contributed by atoms with Gasteiger partial charge in [0.25, 0.3) is 0 Å². The molecule has 0 unspecified atom stereocenters. The summed E-state index contributed by atoms with van der Waals surface area (Å²) in [5.41, 5.74) is 1.92. The Morgan fingerprint density at radius 1 is 0.926 bits per heavy atom. The van der Waals surface area contributed by atoms with Crippen LogP contribution in [-0.2, 0) is 0 Å². The summed E-state index contributed by atoms with van der Waals surface area (Å²) in [5.74, 6) is 1.97. The van der Waals surface area contributed by atoms with E-state index in [2.05, 4.69) is 11.8 Å². The number of rotatable bonds is 2. The van der Waals surface area contributed by atoms with Gasteiger partial charge in [-0.1, -0.05) is 36.1 Å². The zero-order chi connectivity index (χ0) is 19.4. The minimum absolute atomic E-state index is 0.0699. The fourth-order valence-electron chi connectivity index (χ4n) is 3.34. The van der Waals surface area contributed by atoms with Crippen molar-refractivity contribution in [3.8, 4) is 11.8 Å². The first-order chi connectivity index (χ1) is 12.9. The number of benzene rings is 2. The molecule has 0 spiro atoms. The Bertz CT molecular complexity index is 865. The molecule has 0 amide bonds. The number of halogens is 4. The molecule has 1 fully saturated rings. The van der Waals surface area contributed by atoms with Gasteiger partial charge in [-0.15, -0.1) is 0 Å². The quantitative estimate of drug-likeness (QED) is 0.407. The van der Waals surface area contributed by atoms with Crippen molar-refractivity contribution in [2.45, 2.75) is 44.4 Å². The van der Waals surface area contributed by atoms with Crippen molar-refractivity contribution in [1.82, 2.24) is 0 Å². The van der Waals surface area contributed by atoms with Crippen molar-refractivity contribution in [2.75, 3.05) is 0 Å². The second-order valence-corrected chi connectivity index (χ2v) is 6.86. The van der Waals surface area contributed by atoms with Gasteiger partial charge in [-0.25, -0.2) is 17.6 Å². The van der Waals surface area contributed by atoms with Gasteiger partial charge in [0.2, 0.25) is 5.92 Å². The molecular formula is C23H20F4. The molecule has 0 bridgehead atoms. The predicted molar refractivity (Wildman–Crippen MR) is 99.6 cm³/mol.